The van der Waals surface area contributed by atoms with Crippen molar-refractivity contribution in [2.24, 2.45) is 0 Å². The van der Waals surface area contributed by atoms with Crippen LogP contribution in [0.1, 0.15) is 20.8 Å². The summed E-state index contributed by atoms with van der Waals surface area (Å²) in [5.74, 6) is -1.64. The van der Waals surface area contributed by atoms with Gasteiger partial charge in [-0.3, -0.25) is 4.79 Å². The highest BCUT2D eigenvalue weighted by atomic mass is 16.5. The van der Waals surface area contributed by atoms with Crippen molar-refractivity contribution < 1.29 is 19.1 Å². The van der Waals surface area contributed by atoms with Crippen molar-refractivity contribution in [2.45, 2.75) is 26.4 Å². The van der Waals surface area contributed by atoms with Crippen LogP contribution >= 0.6 is 0 Å². The first-order valence-corrected chi connectivity index (χ1v) is 4.43. The lowest BCUT2D eigenvalue weighted by atomic mass is 10.1. The van der Waals surface area contributed by atoms with Gasteiger partial charge >= 0.3 is 11.9 Å². The summed E-state index contributed by atoms with van der Waals surface area (Å²) in [5.41, 5.74) is -0.474. The molecule has 0 radical (unpaired) electrons. The number of esters is 1. The Labute approximate surface area is 83.8 Å². The Kier molecular flexibility index (Phi) is 5.15. The van der Waals surface area contributed by atoms with Crippen molar-refractivity contribution >= 4 is 11.9 Å². The third-order valence-electron chi connectivity index (χ3n) is 1.58. The highest BCUT2D eigenvalue weighted by Crippen LogP contribution is 2.06. The number of carbonyl (C=O) groups is 2. The van der Waals surface area contributed by atoms with E-state index in [1.54, 1.807) is 0 Å². The Balaban J connectivity index is 3.93. The second-order valence-corrected chi connectivity index (χ2v) is 3.37. The molecular weight excluding hydrogens is 186 g/mol. The molecule has 0 aromatic heterocycles. The number of rotatable bonds is 4. The molecule has 0 saturated carbocycles. The molecule has 0 heterocycles. The van der Waals surface area contributed by atoms with Crippen LogP contribution in [-0.4, -0.2) is 37.7 Å². The SMILES string of the molecule is CCOC(C)(C)CNC(=O)C(=O)OC. The molecule has 0 bridgehead atoms. The van der Waals surface area contributed by atoms with Gasteiger partial charge in [0.25, 0.3) is 0 Å². The molecule has 0 atom stereocenters. The van der Waals surface area contributed by atoms with Gasteiger partial charge in [-0.05, 0) is 20.8 Å². The number of nitrogens with one attached hydrogen (secondary N) is 1. The van der Waals surface area contributed by atoms with Gasteiger partial charge in [-0.25, -0.2) is 4.79 Å². The topological polar surface area (TPSA) is 64.6 Å². The van der Waals surface area contributed by atoms with E-state index < -0.39 is 17.5 Å². The Hall–Kier alpha value is -1.10. The average Bonchev–Trinajstić information content (AvgIpc) is 2.13. The van der Waals surface area contributed by atoms with Crippen molar-refractivity contribution in [3.63, 3.8) is 0 Å². The fraction of sp³-hybridized carbons (Fsp3) is 0.778. The normalized spacial score (nSPS) is 10.9. The maximum absolute atomic E-state index is 11.0. The van der Waals surface area contributed by atoms with Crippen molar-refractivity contribution in [3.8, 4) is 0 Å². The number of hydrogen-bond donors (Lipinski definition) is 1. The highest BCUT2D eigenvalue weighted by Gasteiger charge is 2.21. The summed E-state index contributed by atoms with van der Waals surface area (Å²) in [5, 5.41) is 2.42. The second kappa shape index (κ2) is 5.59. The lowest BCUT2D eigenvalue weighted by Gasteiger charge is -2.24. The molecule has 82 valence electrons. The number of hydrogen-bond acceptors (Lipinski definition) is 4. The van der Waals surface area contributed by atoms with Crippen molar-refractivity contribution in [1.29, 1.82) is 0 Å². The second-order valence-electron chi connectivity index (χ2n) is 3.37. The first-order valence-electron chi connectivity index (χ1n) is 4.43. The molecule has 0 saturated heterocycles. The minimum Gasteiger partial charge on any atom is -0.462 e. The maximum Gasteiger partial charge on any atom is 0.396 e. The Morgan fingerprint density at radius 1 is 1.36 bits per heavy atom. The van der Waals surface area contributed by atoms with E-state index in [2.05, 4.69) is 10.1 Å². The Morgan fingerprint density at radius 3 is 2.36 bits per heavy atom. The summed E-state index contributed by atoms with van der Waals surface area (Å²) >= 11 is 0. The van der Waals surface area contributed by atoms with E-state index in [1.165, 1.54) is 0 Å². The van der Waals surface area contributed by atoms with E-state index in [0.29, 0.717) is 6.61 Å². The molecule has 1 N–H and O–H groups in total. The average molecular weight is 203 g/mol. The van der Waals surface area contributed by atoms with Gasteiger partial charge in [-0.15, -0.1) is 0 Å². The number of amides is 1. The minimum absolute atomic E-state index is 0.273. The highest BCUT2D eigenvalue weighted by molar-refractivity contribution is 6.32. The molecule has 14 heavy (non-hydrogen) atoms. The molecule has 0 aliphatic rings. The molecule has 0 aliphatic carbocycles. The number of carbonyl (C=O) groups excluding carboxylic acids is 2. The molecule has 0 spiro atoms. The molecule has 0 aromatic carbocycles. The summed E-state index contributed by atoms with van der Waals surface area (Å²) in [6.07, 6.45) is 0. The van der Waals surface area contributed by atoms with Crippen molar-refractivity contribution in [2.75, 3.05) is 20.3 Å². The van der Waals surface area contributed by atoms with E-state index in [-0.39, 0.29) is 6.54 Å². The molecular formula is C9H17NO4. The lowest BCUT2D eigenvalue weighted by molar-refractivity contribution is -0.153. The predicted molar refractivity (Wildman–Crippen MR) is 50.7 cm³/mol. The van der Waals surface area contributed by atoms with Crippen LogP contribution in [0.25, 0.3) is 0 Å². The van der Waals surface area contributed by atoms with Gasteiger partial charge < -0.3 is 14.8 Å². The van der Waals surface area contributed by atoms with E-state index in [9.17, 15) is 9.59 Å². The van der Waals surface area contributed by atoms with Crippen LogP contribution < -0.4 is 5.32 Å². The summed E-state index contributed by atoms with van der Waals surface area (Å²) in [7, 11) is 1.16. The van der Waals surface area contributed by atoms with Crippen LogP contribution in [0.15, 0.2) is 0 Å². The zero-order valence-electron chi connectivity index (χ0n) is 9.05. The zero-order chi connectivity index (χ0) is 11.2. The standard InChI is InChI=1S/C9H17NO4/c1-5-14-9(2,3)6-10-7(11)8(12)13-4/h5-6H2,1-4H3,(H,10,11). The minimum atomic E-state index is -0.891. The van der Waals surface area contributed by atoms with Crippen molar-refractivity contribution in [3.05, 3.63) is 0 Å². The van der Waals surface area contributed by atoms with Crippen LogP contribution in [0.2, 0.25) is 0 Å². The largest absolute Gasteiger partial charge is 0.462 e. The van der Waals surface area contributed by atoms with Crippen LogP contribution in [0.3, 0.4) is 0 Å². The van der Waals surface area contributed by atoms with Crippen molar-refractivity contribution in [1.82, 2.24) is 5.32 Å². The van der Waals surface area contributed by atoms with Gasteiger partial charge in [0.1, 0.15) is 0 Å². The van der Waals surface area contributed by atoms with Gasteiger partial charge in [0.05, 0.1) is 12.7 Å². The molecule has 0 fully saturated rings. The van der Waals surface area contributed by atoms with Gasteiger partial charge in [0.15, 0.2) is 0 Å². The molecule has 0 rings (SSSR count). The lowest BCUT2D eigenvalue weighted by Crippen LogP contribution is -2.43. The van der Waals surface area contributed by atoms with E-state index in [0.717, 1.165) is 7.11 Å². The molecule has 0 unspecified atom stereocenters. The molecule has 5 nitrogen and oxygen atoms in total. The van der Waals surface area contributed by atoms with Crippen LogP contribution in [-0.2, 0) is 19.1 Å². The maximum atomic E-state index is 11.0. The monoisotopic (exact) mass is 203 g/mol. The van der Waals surface area contributed by atoms with Crippen LogP contribution in [0.4, 0.5) is 0 Å². The Bertz CT molecular complexity index is 213. The first kappa shape index (κ1) is 12.9. The van der Waals surface area contributed by atoms with Crippen LogP contribution in [0.5, 0.6) is 0 Å². The molecule has 5 heteroatoms. The van der Waals surface area contributed by atoms with Gasteiger partial charge in [0.2, 0.25) is 0 Å². The zero-order valence-corrected chi connectivity index (χ0v) is 9.05. The Morgan fingerprint density at radius 2 is 1.93 bits per heavy atom. The summed E-state index contributed by atoms with van der Waals surface area (Å²) in [4.78, 5) is 21.7. The third-order valence-corrected chi connectivity index (χ3v) is 1.58. The predicted octanol–water partition coefficient (Wildman–Crippen LogP) is 0.0907. The summed E-state index contributed by atoms with van der Waals surface area (Å²) in [6, 6.07) is 0. The third kappa shape index (κ3) is 4.81. The van der Waals surface area contributed by atoms with E-state index in [1.807, 2.05) is 20.8 Å². The van der Waals surface area contributed by atoms with Gasteiger partial charge in [-0.2, -0.15) is 0 Å². The summed E-state index contributed by atoms with van der Waals surface area (Å²) in [6.45, 7) is 6.35. The smallest absolute Gasteiger partial charge is 0.396 e. The first-order chi connectivity index (χ1) is 6.43. The molecule has 1 amide bonds. The van der Waals surface area contributed by atoms with Gasteiger partial charge in [-0.1, -0.05) is 0 Å². The van der Waals surface area contributed by atoms with Gasteiger partial charge in [0, 0.05) is 13.2 Å². The molecule has 0 aliphatic heterocycles. The fourth-order valence-electron chi connectivity index (χ4n) is 0.900. The van der Waals surface area contributed by atoms with E-state index >= 15 is 0 Å². The number of ether oxygens (including phenoxy) is 2. The fourth-order valence-corrected chi connectivity index (χ4v) is 0.900. The summed E-state index contributed by atoms with van der Waals surface area (Å²) < 4.78 is 9.57. The number of methoxy groups -OCH3 is 1. The molecule has 0 aromatic rings. The van der Waals surface area contributed by atoms with E-state index in [4.69, 9.17) is 4.74 Å². The quantitative estimate of drug-likeness (QED) is 0.519. The van der Waals surface area contributed by atoms with Crippen LogP contribution in [0, 0.1) is 0 Å².